The fourth-order valence-electron chi connectivity index (χ4n) is 3.28. The SMILES string of the molecule is COc1cc([C@@H](O)[C@H](CO[C@@H]2OC[C@@H](O)[C@H](O)[C@H]2O)Oc2ccccc2OC)ccc1O. The molecule has 176 valence electrons. The summed E-state index contributed by atoms with van der Waals surface area (Å²) in [5.41, 5.74) is 0.378. The highest BCUT2D eigenvalue weighted by Crippen LogP contribution is 2.33. The van der Waals surface area contributed by atoms with E-state index in [9.17, 15) is 25.5 Å². The van der Waals surface area contributed by atoms with Gasteiger partial charge in [0.05, 0.1) is 27.4 Å². The third kappa shape index (κ3) is 5.41. The molecule has 3 rings (SSSR count). The molecule has 0 saturated carbocycles. The highest BCUT2D eigenvalue weighted by molar-refractivity contribution is 5.43. The molecule has 0 unspecified atom stereocenters. The first-order valence-electron chi connectivity index (χ1n) is 9.97. The molecule has 1 fully saturated rings. The van der Waals surface area contributed by atoms with Gasteiger partial charge in [-0.1, -0.05) is 18.2 Å². The van der Waals surface area contributed by atoms with Gasteiger partial charge in [0.25, 0.3) is 0 Å². The molecule has 1 aliphatic rings. The summed E-state index contributed by atoms with van der Waals surface area (Å²) in [6.45, 7) is -0.481. The molecule has 0 amide bonds. The van der Waals surface area contributed by atoms with Crippen molar-refractivity contribution in [1.82, 2.24) is 0 Å². The number of para-hydroxylation sites is 2. The van der Waals surface area contributed by atoms with E-state index in [-0.39, 0.29) is 24.7 Å². The molecule has 0 spiro atoms. The maximum atomic E-state index is 11.0. The van der Waals surface area contributed by atoms with Crippen LogP contribution in [-0.2, 0) is 9.47 Å². The van der Waals surface area contributed by atoms with Gasteiger partial charge in [-0.3, -0.25) is 0 Å². The first kappa shape index (κ1) is 24.1. The second kappa shape index (κ2) is 10.8. The summed E-state index contributed by atoms with van der Waals surface area (Å²) in [4.78, 5) is 0. The molecule has 0 radical (unpaired) electrons. The fraction of sp³-hybridized carbons (Fsp3) is 0.455. The minimum absolute atomic E-state index is 0.0897. The zero-order chi connectivity index (χ0) is 23.3. The van der Waals surface area contributed by atoms with Gasteiger partial charge in [0.1, 0.15) is 24.4 Å². The summed E-state index contributed by atoms with van der Waals surface area (Å²) >= 11 is 0. The van der Waals surface area contributed by atoms with Crippen molar-refractivity contribution in [3.63, 3.8) is 0 Å². The van der Waals surface area contributed by atoms with E-state index in [1.807, 2.05) is 0 Å². The Hall–Kier alpha value is -2.60. The maximum absolute atomic E-state index is 11.0. The van der Waals surface area contributed by atoms with Crippen molar-refractivity contribution in [3.05, 3.63) is 48.0 Å². The second-order valence-electron chi connectivity index (χ2n) is 7.27. The number of aliphatic hydroxyl groups is 4. The van der Waals surface area contributed by atoms with Gasteiger partial charge in [-0.05, 0) is 29.8 Å². The Bertz CT molecular complexity index is 876. The summed E-state index contributed by atoms with van der Waals surface area (Å²) in [6.07, 6.45) is -7.66. The molecule has 0 aromatic heterocycles. The standard InChI is InChI=1S/C22H28O10/c1-28-15-5-3-4-6-16(15)32-18(11-31-22-21(27)20(26)14(24)10-30-22)19(25)12-7-8-13(23)17(9-12)29-2/h3-9,14,18-27H,10-11H2,1-2H3/t14-,18+,19-,20+,21-,22+/m1/s1. The van der Waals surface area contributed by atoms with Crippen LogP contribution in [0.25, 0.3) is 0 Å². The van der Waals surface area contributed by atoms with Crippen molar-refractivity contribution in [2.45, 2.75) is 36.8 Å². The van der Waals surface area contributed by atoms with E-state index in [1.54, 1.807) is 24.3 Å². The molecule has 10 heteroatoms. The fourth-order valence-corrected chi connectivity index (χ4v) is 3.28. The Morgan fingerprint density at radius 3 is 2.34 bits per heavy atom. The molecule has 0 aliphatic carbocycles. The number of hydrogen-bond acceptors (Lipinski definition) is 10. The van der Waals surface area contributed by atoms with Gasteiger partial charge < -0.3 is 49.2 Å². The number of hydrogen-bond donors (Lipinski definition) is 5. The highest BCUT2D eigenvalue weighted by Gasteiger charge is 2.39. The Labute approximate surface area is 185 Å². The molecule has 0 bridgehead atoms. The average molecular weight is 452 g/mol. The van der Waals surface area contributed by atoms with Gasteiger partial charge in [0.15, 0.2) is 35.4 Å². The molecular formula is C22H28O10. The quantitative estimate of drug-likeness (QED) is 0.361. The lowest BCUT2D eigenvalue weighted by Gasteiger charge is -2.36. The first-order chi connectivity index (χ1) is 15.3. The Morgan fingerprint density at radius 2 is 1.66 bits per heavy atom. The van der Waals surface area contributed by atoms with Crippen LogP contribution in [0.2, 0.25) is 0 Å². The second-order valence-corrected chi connectivity index (χ2v) is 7.27. The lowest BCUT2D eigenvalue weighted by molar-refractivity contribution is -0.275. The van der Waals surface area contributed by atoms with Crippen LogP contribution in [0.15, 0.2) is 42.5 Å². The topological polar surface area (TPSA) is 147 Å². The summed E-state index contributed by atoms with van der Waals surface area (Å²) in [5.74, 6) is 0.851. The molecular weight excluding hydrogens is 424 g/mol. The predicted octanol–water partition coefficient (Wildman–Crippen LogP) is 0.346. The number of methoxy groups -OCH3 is 2. The zero-order valence-electron chi connectivity index (χ0n) is 17.7. The van der Waals surface area contributed by atoms with Crippen LogP contribution in [0.3, 0.4) is 0 Å². The van der Waals surface area contributed by atoms with Crippen LogP contribution in [0, 0.1) is 0 Å². The molecule has 2 aromatic carbocycles. The van der Waals surface area contributed by atoms with Crippen LogP contribution in [0.5, 0.6) is 23.0 Å². The normalized spacial score (nSPS) is 25.1. The van der Waals surface area contributed by atoms with Gasteiger partial charge in [0, 0.05) is 0 Å². The third-order valence-corrected chi connectivity index (χ3v) is 5.12. The number of aliphatic hydroxyl groups excluding tert-OH is 4. The largest absolute Gasteiger partial charge is 0.504 e. The lowest BCUT2D eigenvalue weighted by Crippen LogP contribution is -2.54. The number of rotatable bonds is 9. The van der Waals surface area contributed by atoms with Crippen molar-refractivity contribution < 1.29 is 49.2 Å². The lowest BCUT2D eigenvalue weighted by atomic mass is 10.0. The predicted molar refractivity (Wildman–Crippen MR) is 111 cm³/mol. The van der Waals surface area contributed by atoms with E-state index in [4.69, 9.17) is 23.7 Å². The average Bonchev–Trinajstić information content (AvgIpc) is 2.81. The molecule has 5 N–H and O–H groups in total. The Morgan fingerprint density at radius 1 is 0.969 bits per heavy atom. The van der Waals surface area contributed by atoms with Crippen molar-refractivity contribution >= 4 is 0 Å². The summed E-state index contributed by atoms with van der Waals surface area (Å²) < 4.78 is 27.2. The number of phenols is 1. The Kier molecular flexibility index (Phi) is 8.13. The summed E-state index contributed by atoms with van der Waals surface area (Å²) in [6, 6.07) is 11.2. The molecule has 10 nitrogen and oxygen atoms in total. The van der Waals surface area contributed by atoms with Crippen molar-refractivity contribution in [2.24, 2.45) is 0 Å². The van der Waals surface area contributed by atoms with Gasteiger partial charge >= 0.3 is 0 Å². The van der Waals surface area contributed by atoms with Gasteiger partial charge in [-0.25, -0.2) is 0 Å². The minimum Gasteiger partial charge on any atom is -0.504 e. The van der Waals surface area contributed by atoms with E-state index >= 15 is 0 Å². The van der Waals surface area contributed by atoms with E-state index in [0.717, 1.165) is 0 Å². The molecule has 2 aromatic rings. The molecule has 6 atom stereocenters. The van der Waals surface area contributed by atoms with Crippen LogP contribution in [0.1, 0.15) is 11.7 Å². The van der Waals surface area contributed by atoms with Crippen LogP contribution in [0.4, 0.5) is 0 Å². The van der Waals surface area contributed by atoms with Gasteiger partial charge in [-0.2, -0.15) is 0 Å². The number of ether oxygens (including phenoxy) is 5. The van der Waals surface area contributed by atoms with E-state index in [2.05, 4.69) is 0 Å². The van der Waals surface area contributed by atoms with Crippen molar-refractivity contribution in [3.8, 4) is 23.0 Å². The number of aromatic hydroxyl groups is 1. The van der Waals surface area contributed by atoms with E-state index < -0.39 is 36.8 Å². The highest BCUT2D eigenvalue weighted by atomic mass is 16.7. The van der Waals surface area contributed by atoms with Crippen LogP contribution >= 0.6 is 0 Å². The molecule has 1 aliphatic heterocycles. The van der Waals surface area contributed by atoms with Crippen LogP contribution in [-0.4, -0.2) is 83.7 Å². The summed E-state index contributed by atoms with van der Waals surface area (Å²) in [5, 5.41) is 50.5. The minimum atomic E-state index is -1.49. The third-order valence-electron chi connectivity index (χ3n) is 5.12. The number of benzene rings is 2. The first-order valence-corrected chi connectivity index (χ1v) is 9.97. The molecule has 1 saturated heterocycles. The van der Waals surface area contributed by atoms with Crippen molar-refractivity contribution in [2.75, 3.05) is 27.4 Å². The van der Waals surface area contributed by atoms with Gasteiger partial charge in [0.2, 0.25) is 0 Å². The van der Waals surface area contributed by atoms with E-state index in [1.165, 1.54) is 32.4 Å². The summed E-state index contributed by atoms with van der Waals surface area (Å²) in [7, 11) is 2.87. The van der Waals surface area contributed by atoms with Crippen molar-refractivity contribution in [1.29, 1.82) is 0 Å². The molecule has 1 heterocycles. The monoisotopic (exact) mass is 452 g/mol. The smallest absolute Gasteiger partial charge is 0.186 e. The maximum Gasteiger partial charge on any atom is 0.186 e. The van der Waals surface area contributed by atoms with E-state index in [0.29, 0.717) is 17.1 Å². The number of phenolic OH excluding ortho intramolecular Hbond substituents is 1. The van der Waals surface area contributed by atoms with Crippen LogP contribution < -0.4 is 14.2 Å². The zero-order valence-corrected chi connectivity index (χ0v) is 17.7. The Balaban J connectivity index is 1.82. The molecule has 32 heavy (non-hydrogen) atoms. The van der Waals surface area contributed by atoms with Gasteiger partial charge in [-0.15, -0.1) is 0 Å².